The van der Waals surface area contributed by atoms with Gasteiger partial charge in [-0.2, -0.15) is 0 Å². The van der Waals surface area contributed by atoms with Crippen molar-refractivity contribution in [1.82, 2.24) is 15.3 Å². The van der Waals surface area contributed by atoms with E-state index in [2.05, 4.69) is 15.3 Å². The Labute approximate surface area is 102 Å². The second-order valence-corrected chi connectivity index (χ2v) is 4.95. The lowest BCUT2D eigenvalue weighted by Crippen LogP contribution is -2.44. The number of nitrogens with two attached hydrogens (primary N) is 1. The summed E-state index contributed by atoms with van der Waals surface area (Å²) in [6.07, 6.45) is 3.62. The van der Waals surface area contributed by atoms with Crippen LogP contribution in [-0.4, -0.2) is 33.7 Å². The van der Waals surface area contributed by atoms with Gasteiger partial charge in [-0.3, -0.25) is 9.59 Å². The number of hydrogen-bond donors (Lipinski definition) is 3. The van der Waals surface area contributed by atoms with Gasteiger partial charge in [0.15, 0.2) is 5.16 Å². The van der Waals surface area contributed by atoms with Crippen molar-refractivity contribution >= 4 is 17.7 Å². The number of carbonyl (C=O) groups excluding carboxylic acids is 1. The van der Waals surface area contributed by atoms with Crippen LogP contribution < -0.4 is 16.6 Å². The van der Waals surface area contributed by atoms with Crippen LogP contribution in [-0.2, 0) is 4.79 Å². The largest absolute Gasteiger partial charge is 0.368 e. The summed E-state index contributed by atoms with van der Waals surface area (Å²) in [4.78, 5) is 28.8. The Kier molecular flexibility index (Phi) is 3.80. The minimum atomic E-state index is -0.377. The van der Waals surface area contributed by atoms with Gasteiger partial charge in [-0.15, -0.1) is 0 Å². The molecule has 1 aliphatic carbocycles. The maximum Gasteiger partial charge on any atom is 0.251 e. The quantitative estimate of drug-likeness (QED) is 0.468. The third-order valence-electron chi connectivity index (χ3n) is 2.39. The first kappa shape index (κ1) is 12.1. The monoisotopic (exact) mass is 254 g/mol. The molecule has 1 fully saturated rings. The van der Waals surface area contributed by atoms with Crippen molar-refractivity contribution in [2.24, 2.45) is 5.73 Å². The number of nitrogens with zero attached hydrogens (tertiary/aromatic N) is 1. The molecule has 0 spiro atoms. The highest BCUT2D eigenvalue weighted by Crippen LogP contribution is 2.21. The number of nitrogens with one attached hydrogen (secondary N) is 2. The predicted molar refractivity (Wildman–Crippen MR) is 64.7 cm³/mol. The lowest BCUT2D eigenvalue weighted by atomic mass is 10.3. The minimum Gasteiger partial charge on any atom is -0.368 e. The van der Waals surface area contributed by atoms with E-state index in [4.69, 9.17) is 5.73 Å². The highest BCUT2D eigenvalue weighted by atomic mass is 32.2. The van der Waals surface area contributed by atoms with Crippen molar-refractivity contribution < 1.29 is 4.79 Å². The number of H-pyrrole nitrogens is 1. The lowest BCUT2D eigenvalue weighted by molar-refractivity contribution is -0.119. The first-order valence-corrected chi connectivity index (χ1v) is 6.37. The van der Waals surface area contributed by atoms with E-state index in [1.165, 1.54) is 24.0 Å². The van der Waals surface area contributed by atoms with Crippen LogP contribution in [0.3, 0.4) is 0 Å². The Morgan fingerprint density at radius 3 is 3.06 bits per heavy atom. The molecule has 0 bridgehead atoms. The van der Waals surface area contributed by atoms with Crippen molar-refractivity contribution in [2.45, 2.75) is 30.1 Å². The van der Waals surface area contributed by atoms with Gasteiger partial charge >= 0.3 is 0 Å². The van der Waals surface area contributed by atoms with Gasteiger partial charge in [-0.25, -0.2) is 4.98 Å². The van der Waals surface area contributed by atoms with Gasteiger partial charge < -0.3 is 16.0 Å². The van der Waals surface area contributed by atoms with Gasteiger partial charge in [-0.1, -0.05) is 11.8 Å². The first-order valence-electron chi connectivity index (χ1n) is 5.38. The molecule has 1 atom stereocenters. The summed E-state index contributed by atoms with van der Waals surface area (Å²) in [5.41, 5.74) is 5.10. The number of aromatic nitrogens is 2. The molecule has 2 rings (SSSR count). The zero-order chi connectivity index (χ0) is 12.3. The molecule has 17 heavy (non-hydrogen) atoms. The molecule has 1 aliphatic rings. The molecule has 7 heteroatoms. The summed E-state index contributed by atoms with van der Waals surface area (Å²) in [6, 6.07) is 1.38. The van der Waals surface area contributed by atoms with Crippen molar-refractivity contribution in [3.8, 4) is 0 Å². The summed E-state index contributed by atoms with van der Waals surface area (Å²) in [5, 5.41) is 3.66. The second-order valence-electron chi connectivity index (χ2n) is 3.95. The lowest BCUT2D eigenvalue weighted by Gasteiger charge is -2.13. The average Bonchev–Trinajstić information content (AvgIpc) is 3.07. The molecule has 1 saturated carbocycles. The first-order chi connectivity index (χ1) is 8.15. The number of thioether (sulfide) groups is 1. The van der Waals surface area contributed by atoms with Gasteiger partial charge in [0.1, 0.15) is 0 Å². The molecule has 0 saturated heterocycles. The molecular formula is C10H14N4O2S. The number of primary amides is 1. The number of rotatable bonds is 6. The zero-order valence-electron chi connectivity index (χ0n) is 9.18. The molecule has 1 amide bonds. The third kappa shape index (κ3) is 3.86. The molecule has 1 unspecified atom stereocenters. The molecule has 1 heterocycles. The molecule has 0 radical (unpaired) electrons. The second kappa shape index (κ2) is 5.33. The van der Waals surface area contributed by atoms with Crippen LogP contribution in [0, 0.1) is 0 Å². The fraction of sp³-hybridized carbons (Fsp3) is 0.500. The van der Waals surface area contributed by atoms with Crippen LogP contribution in [0.1, 0.15) is 12.8 Å². The van der Waals surface area contributed by atoms with Crippen LogP contribution >= 0.6 is 11.8 Å². The van der Waals surface area contributed by atoms with Gasteiger partial charge in [0, 0.05) is 24.1 Å². The third-order valence-corrected chi connectivity index (χ3v) is 3.37. The molecule has 4 N–H and O–H groups in total. The summed E-state index contributed by atoms with van der Waals surface area (Å²) < 4.78 is 0. The molecule has 1 aromatic rings. The molecule has 92 valence electrons. The Balaban J connectivity index is 1.89. The Morgan fingerprint density at radius 2 is 2.47 bits per heavy atom. The van der Waals surface area contributed by atoms with Crippen molar-refractivity contribution in [3.05, 3.63) is 22.6 Å². The van der Waals surface area contributed by atoms with E-state index in [9.17, 15) is 9.59 Å². The van der Waals surface area contributed by atoms with Crippen LogP contribution in [0.15, 0.2) is 22.2 Å². The van der Waals surface area contributed by atoms with Crippen LogP contribution in [0.4, 0.5) is 0 Å². The number of carbonyl (C=O) groups is 1. The normalized spacial score (nSPS) is 16.7. The van der Waals surface area contributed by atoms with E-state index in [0.717, 1.165) is 12.8 Å². The van der Waals surface area contributed by atoms with Crippen LogP contribution in [0.2, 0.25) is 0 Å². The van der Waals surface area contributed by atoms with E-state index in [1.807, 2.05) is 0 Å². The Morgan fingerprint density at radius 1 is 1.71 bits per heavy atom. The van der Waals surface area contributed by atoms with E-state index in [-0.39, 0.29) is 17.5 Å². The highest BCUT2D eigenvalue weighted by Gasteiger charge is 2.27. The topological polar surface area (TPSA) is 101 Å². The highest BCUT2D eigenvalue weighted by molar-refractivity contribution is 7.99. The summed E-state index contributed by atoms with van der Waals surface area (Å²) in [7, 11) is 0. The average molecular weight is 254 g/mol. The SMILES string of the molecule is NC(=O)C(CSc1nccc(=O)[nH]1)NC1CC1. The minimum absolute atomic E-state index is 0.201. The molecule has 0 aromatic carbocycles. The van der Waals surface area contributed by atoms with E-state index in [0.29, 0.717) is 17.0 Å². The standard InChI is InChI=1S/C10H14N4O2S/c11-9(16)7(13-6-1-2-6)5-17-10-12-4-3-8(15)14-10/h3-4,6-7,13H,1-2,5H2,(H2,11,16)(H,12,14,15). The fourth-order valence-electron chi connectivity index (χ4n) is 1.33. The smallest absolute Gasteiger partial charge is 0.251 e. The van der Waals surface area contributed by atoms with Gasteiger partial charge in [0.2, 0.25) is 5.91 Å². The summed E-state index contributed by atoms with van der Waals surface area (Å²) in [5.74, 6) is 0.0985. The predicted octanol–water partition coefficient (Wildman–Crippen LogP) is -0.532. The Bertz CT molecular complexity index is 458. The van der Waals surface area contributed by atoms with Crippen molar-refractivity contribution in [3.63, 3.8) is 0 Å². The van der Waals surface area contributed by atoms with Gasteiger partial charge in [0.05, 0.1) is 6.04 Å². The van der Waals surface area contributed by atoms with Crippen LogP contribution in [0.25, 0.3) is 0 Å². The maximum atomic E-state index is 11.2. The number of aromatic amines is 1. The summed E-state index contributed by atoms with van der Waals surface area (Å²) in [6.45, 7) is 0. The molecule has 1 aromatic heterocycles. The van der Waals surface area contributed by atoms with E-state index < -0.39 is 0 Å². The molecule has 6 nitrogen and oxygen atoms in total. The molecular weight excluding hydrogens is 240 g/mol. The fourth-order valence-corrected chi connectivity index (χ4v) is 2.23. The zero-order valence-corrected chi connectivity index (χ0v) is 10.00. The van der Waals surface area contributed by atoms with E-state index in [1.54, 1.807) is 0 Å². The maximum absolute atomic E-state index is 11.2. The van der Waals surface area contributed by atoms with E-state index >= 15 is 0 Å². The van der Waals surface area contributed by atoms with Gasteiger partial charge in [-0.05, 0) is 12.8 Å². The van der Waals surface area contributed by atoms with Gasteiger partial charge in [0.25, 0.3) is 5.56 Å². The van der Waals surface area contributed by atoms with Crippen LogP contribution in [0.5, 0.6) is 0 Å². The Hall–Kier alpha value is -1.34. The number of amides is 1. The molecule has 0 aliphatic heterocycles. The summed E-state index contributed by atoms with van der Waals surface area (Å²) >= 11 is 1.31. The van der Waals surface area contributed by atoms with Crippen molar-refractivity contribution in [1.29, 1.82) is 0 Å². The van der Waals surface area contributed by atoms with Crippen molar-refractivity contribution in [2.75, 3.05) is 5.75 Å². The number of hydrogen-bond acceptors (Lipinski definition) is 5.